The van der Waals surface area contributed by atoms with E-state index in [-0.39, 0.29) is 12.0 Å². The van der Waals surface area contributed by atoms with Gasteiger partial charge in [0.25, 0.3) is 5.91 Å². The Kier molecular flexibility index (Phi) is 3.05. The van der Waals surface area contributed by atoms with Gasteiger partial charge in [0, 0.05) is 18.2 Å². The lowest BCUT2D eigenvalue weighted by Gasteiger charge is -2.11. The number of hydrogen-bond acceptors (Lipinski definition) is 3. The van der Waals surface area contributed by atoms with E-state index in [1.165, 1.54) is 0 Å². The number of anilines is 1. The van der Waals surface area contributed by atoms with Crippen LogP contribution >= 0.6 is 15.9 Å². The topological polar surface area (TPSA) is 67.0 Å². The normalized spacial score (nSPS) is 19.3. The Morgan fingerprint density at radius 2 is 2.50 bits per heavy atom. The van der Waals surface area contributed by atoms with Crippen LogP contribution in [-0.4, -0.2) is 28.6 Å². The van der Waals surface area contributed by atoms with Crippen molar-refractivity contribution >= 4 is 38.6 Å². The number of carbonyl (C=O) groups is 1. The maximum absolute atomic E-state index is 11.9. The Morgan fingerprint density at radius 3 is 3.28 bits per heavy atom. The molecule has 1 aliphatic rings. The number of halogens is 1. The molecule has 1 fully saturated rings. The minimum atomic E-state index is -0.347. The largest absolute Gasteiger partial charge is 0.368 e. The molecule has 1 saturated heterocycles. The van der Waals surface area contributed by atoms with E-state index in [1.54, 1.807) is 6.20 Å². The van der Waals surface area contributed by atoms with Crippen molar-refractivity contribution in [2.75, 3.05) is 11.9 Å². The third-order valence-corrected chi connectivity index (χ3v) is 3.81. The number of hydrogen-bond donors (Lipinski definition) is 2. The van der Waals surface area contributed by atoms with Crippen LogP contribution in [0.3, 0.4) is 0 Å². The van der Waals surface area contributed by atoms with Gasteiger partial charge in [0.15, 0.2) is 0 Å². The van der Waals surface area contributed by atoms with Gasteiger partial charge < -0.3 is 15.0 Å². The monoisotopic (exact) mass is 309 g/mol. The lowest BCUT2D eigenvalue weighted by Crippen LogP contribution is -2.27. The van der Waals surface area contributed by atoms with Crippen LogP contribution in [0.1, 0.15) is 12.8 Å². The first-order valence-electron chi connectivity index (χ1n) is 5.80. The zero-order valence-electron chi connectivity index (χ0n) is 9.57. The molecule has 0 spiro atoms. The van der Waals surface area contributed by atoms with Crippen LogP contribution in [0.2, 0.25) is 0 Å². The molecule has 18 heavy (non-hydrogen) atoms. The van der Waals surface area contributed by atoms with E-state index in [2.05, 4.69) is 31.2 Å². The highest BCUT2D eigenvalue weighted by Gasteiger charge is 2.24. The molecule has 1 aliphatic heterocycles. The van der Waals surface area contributed by atoms with Crippen LogP contribution in [0.4, 0.5) is 5.82 Å². The Bertz CT molecular complexity index is 590. The summed E-state index contributed by atoms with van der Waals surface area (Å²) in [7, 11) is 0. The molecule has 2 N–H and O–H groups in total. The molecule has 0 radical (unpaired) electrons. The number of amides is 1. The summed E-state index contributed by atoms with van der Waals surface area (Å²) >= 11 is 3.46. The number of H-pyrrole nitrogens is 1. The molecule has 3 rings (SSSR count). The van der Waals surface area contributed by atoms with Crippen LogP contribution in [0.25, 0.3) is 10.9 Å². The van der Waals surface area contributed by atoms with Crippen LogP contribution in [0, 0.1) is 0 Å². The van der Waals surface area contributed by atoms with Crippen molar-refractivity contribution in [2.45, 2.75) is 18.9 Å². The molecule has 1 amide bonds. The second-order valence-electron chi connectivity index (χ2n) is 4.22. The van der Waals surface area contributed by atoms with Gasteiger partial charge in [-0.1, -0.05) is 0 Å². The van der Waals surface area contributed by atoms with E-state index in [1.807, 2.05) is 12.3 Å². The molecular weight excluding hydrogens is 298 g/mol. The molecule has 3 heterocycles. The predicted molar refractivity (Wildman–Crippen MR) is 71.4 cm³/mol. The summed E-state index contributed by atoms with van der Waals surface area (Å²) in [6.07, 6.45) is 4.90. The van der Waals surface area contributed by atoms with Crippen molar-refractivity contribution in [1.82, 2.24) is 9.97 Å². The molecule has 2 aromatic heterocycles. The summed E-state index contributed by atoms with van der Waals surface area (Å²) in [5.41, 5.74) is 0.928. The van der Waals surface area contributed by atoms with Crippen molar-refractivity contribution in [3.8, 4) is 0 Å². The zero-order chi connectivity index (χ0) is 12.5. The molecular formula is C12H12BrN3O2. The number of pyridine rings is 1. The fraction of sp³-hybridized carbons (Fsp3) is 0.333. The predicted octanol–water partition coefficient (Wildman–Crippen LogP) is 2.44. The lowest BCUT2D eigenvalue weighted by molar-refractivity contribution is -0.124. The Balaban J connectivity index is 1.85. The number of rotatable bonds is 2. The van der Waals surface area contributed by atoms with Gasteiger partial charge in [-0.2, -0.15) is 0 Å². The highest BCUT2D eigenvalue weighted by Crippen LogP contribution is 2.29. The summed E-state index contributed by atoms with van der Waals surface area (Å²) in [6.45, 7) is 0.656. The number of fused-ring (bicyclic) bond motifs is 1. The fourth-order valence-corrected chi connectivity index (χ4v) is 2.61. The number of ether oxygens (including phenoxy) is 1. The molecule has 0 saturated carbocycles. The fourth-order valence-electron chi connectivity index (χ4n) is 2.06. The highest BCUT2D eigenvalue weighted by molar-refractivity contribution is 9.10. The van der Waals surface area contributed by atoms with Crippen molar-refractivity contribution in [3.05, 3.63) is 22.9 Å². The maximum Gasteiger partial charge on any atom is 0.254 e. The Morgan fingerprint density at radius 1 is 1.61 bits per heavy atom. The standard InChI is InChI=1S/C12H12BrN3O2/c13-10-7-3-4-14-8(7)6-15-11(10)16-12(17)9-2-1-5-18-9/h3-4,6,9,14H,1-2,5H2,(H,15,16,17)/t9-/m1/s1. The average molecular weight is 310 g/mol. The summed E-state index contributed by atoms with van der Waals surface area (Å²) in [6, 6.07) is 1.93. The summed E-state index contributed by atoms with van der Waals surface area (Å²) in [5.74, 6) is 0.401. The third kappa shape index (κ3) is 2.02. The van der Waals surface area contributed by atoms with Crippen LogP contribution in [0.5, 0.6) is 0 Å². The van der Waals surface area contributed by atoms with Gasteiger partial charge in [-0.15, -0.1) is 0 Å². The van der Waals surface area contributed by atoms with Gasteiger partial charge in [0.05, 0.1) is 16.2 Å². The van der Waals surface area contributed by atoms with E-state index in [4.69, 9.17) is 4.74 Å². The first-order valence-corrected chi connectivity index (χ1v) is 6.59. The van der Waals surface area contributed by atoms with Crippen LogP contribution < -0.4 is 5.32 Å². The number of aromatic nitrogens is 2. The average Bonchev–Trinajstić information content (AvgIpc) is 3.02. The zero-order valence-corrected chi connectivity index (χ0v) is 11.2. The molecule has 0 bridgehead atoms. The second-order valence-corrected chi connectivity index (χ2v) is 5.01. The van der Waals surface area contributed by atoms with E-state index in [9.17, 15) is 4.79 Å². The SMILES string of the molecule is O=C(Nc1ncc2[nH]ccc2c1Br)[C@H]1CCCO1. The van der Waals surface area contributed by atoms with Gasteiger partial charge in [-0.05, 0) is 34.8 Å². The molecule has 6 heteroatoms. The number of carbonyl (C=O) groups excluding carboxylic acids is 1. The minimum Gasteiger partial charge on any atom is -0.368 e. The Hall–Kier alpha value is -1.40. The smallest absolute Gasteiger partial charge is 0.254 e. The molecule has 0 aliphatic carbocycles. The van der Waals surface area contributed by atoms with Gasteiger partial charge in [-0.3, -0.25) is 4.79 Å². The molecule has 94 valence electrons. The third-order valence-electron chi connectivity index (χ3n) is 3.01. The summed E-state index contributed by atoms with van der Waals surface area (Å²) in [5, 5.41) is 3.79. The maximum atomic E-state index is 11.9. The van der Waals surface area contributed by atoms with Crippen molar-refractivity contribution < 1.29 is 9.53 Å². The molecule has 2 aromatic rings. The van der Waals surface area contributed by atoms with E-state index in [0.29, 0.717) is 12.4 Å². The molecule has 1 atom stereocenters. The summed E-state index contributed by atoms with van der Waals surface area (Å²) < 4.78 is 6.12. The molecule has 0 aromatic carbocycles. The van der Waals surface area contributed by atoms with Crippen molar-refractivity contribution in [3.63, 3.8) is 0 Å². The minimum absolute atomic E-state index is 0.129. The second kappa shape index (κ2) is 4.70. The number of aromatic amines is 1. The van der Waals surface area contributed by atoms with Gasteiger partial charge in [-0.25, -0.2) is 4.98 Å². The summed E-state index contributed by atoms with van der Waals surface area (Å²) in [4.78, 5) is 19.2. The van der Waals surface area contributed by atoms with E-state index >= 15 is 0 Å². The number of nitrogens with zero attached hydrogens (tertiary/aromatic N) is 1. The molecule has 5 nitrogen and oxygen atoms in total. The Labute approximate surface area is 112 Å². The van der Waals surface area contributed by atoms with Crippen LogP contribution in [0.15, 0.2) is 22.9 Å². The highest BCUT2D eigenvalue weighted by atomic mass is 79.9. The van der Waals surface area contributed by atoms with Crippen molar-refractivity contribution in [1.29, 1.82) is 0 Å². The van der Waals surface area contributed by atoms with Gasteiger partial charge in [0.1, 0.15) is 11.9 Å². The molecule has 0 unspecified atom stereocenters. The number of nitrogens with one attached hydrogen (secondary N) is 2. The van der Waals surface area contributed by atoms with Gasteiger partial charge >= 0.3 is 0 Å². The van der Waals surface area contributed by atoms with Gasteiger partial charge in [0.2, 0.25) is 0 Å². The first kappa shape index (κ1) is 11.7. The van der Waals surface area contributed by atoms with Crippen LogP contribution in [-0.2, 0) is 9.53 Å². The first-order chi connectivity index (χ1) is 8.75. The quantitative estimate of drug-likeness (QED) is 0.895. The van der Waals surface area contributed by atoms with E-state index < -0.39 is 0 Å². The lowest BCUT2D eigenvalue weighted by atomic mass is 10.2. The van der Waals surface area contributed by atoms with E-state index in [0.717, 1.165) is 28.2 Å². The van der Waals surface area contributed by atoms with Crippen molar-refractivity contribution in [2.24, 2.45) is 0 Å².